The molecule has 3 nitrogen and oxygen atoms in total. The van der Waals surface area contributed by atoms with Crippen LogP contribution in [0, 0.1) is 5.82 Å². The molecule has 1 aromatic rings. The minimum Gasteiger partial charge on any atom is -0.392 e. The fourth-order valence-electron chi connectivity index (χ4n) is 1.26. The van der Waals surface area contributed by atoms with Gasteiger partial charge in [0.25, 0.3) is 0 Å². The maximum absolute atomic E-state index is 13.0. The van der Waals surface area contributed by atoms with Gasteiger partial charge >= 0.3 is 0 Å². The number of benzene rings is 1. The Kier molecular flexibility index (Phi) is 4.66. The van der Waals surface area contributed by atoms with Crippen LogP contribution in [0.4, 0.5) is 4.39 Å². The average Bonchev–Trinajstić information content (AvgIpc) is 2.23. The Bertz CT molecular complexity index is 402. The van der Waals surface area contributed by atoms with Gasteiger partial charge in [-0.05, 0) is 29.3 Å². The van der Waals surface area contributed by atoms with Crippen molar-refractivity contribution >= 4 is 12.0 Å². The highest BCUT2D eigenvalue weighted by molar-refractivity contribution is 5.73. The average molecular weight is 223 g/mol. The highest BCUT2D eigenvalue weighted by atomic mass is 19.1. The van der Waals surface area contributed by atoms with Gasteiger partial charge in [0, 0.05) is 13.5 Å². The molecule has 4 heteroatoms. The van der Waals surface area contributed by atoms with Gasteiger partial charge in [0.15, 0.2) is 0 Å². The van der Waals surface area contributed by atoms with Gasteiger partial charge in [-0.15, -0.1) is 0 Å². The molecule has 0 aliphatic heterocycles. The van der Waals surface area contributed by atoms with Gasteiger partial charge in [0.2, 0.25) is 5.91 Å². The lowest BCUT2D eigenvalue weighted by molar-refractivity contribution is -0.118. The maximum Gasteiger partial charge on any atom is 0.217 e. The molecular formula is C12H14FNO2. The summed E-state index contributed by atoms with van der Waals surface area (Å²) in [5.74, 6) is -0.495. The van der Waals surface area contributed by atoms with Crippen molar-refractivity contribution in [1.82, 2.24) is 5.32 Å². The predicted molar refractivity (Wildman–Crippen MR) is 60.0 cm³/mol. The topological polar surface area (TPSA) is 49.3 Å². The summed E-state index contributed by atoms with van der Waals surface area (Å²) >= 11 is 0. The molecule has 0 aliphatic rings. The SMILES string of the molecule is CC(=O)NCC=Cc1cc(F)cc(CO)c1. The van der Waals surface area contributed by atoms with Crippen LogP contribution >= 0.6 is 0 Å². The molecule has 0 fully saturated rings. The Morgan fingerprint density at radius 3 is 2.88 bits per heavy atom. The van der Waals surface area contributed by atoms with E-state index in [1.165, 1.54) is 19.1 Å². The lowest BCUT2D eigenvalue weighted by Gasteiger charge is -2.00. The largest absolute Gasteiger partial charge is 0.392 e. The van der Waals surface area contributed by atoms with Crippen LogP contribution in [0.25, 0.3) is 6.08 Å². The van der Waals surface area contributed by atoms with Crippen LogP contribution in [0.3, 0.4) is 0 Å². The molecule has 1 amide bonds. The molecule has 0 heterocycles. The standard InChI is InChI=1S/C12H14FNO2/c1-9(16)14-4-2-3-10-5-11(8-15)7-12(13)6-10/h2-3,5-7,15H,4,8H2,1H3,(H,14,16). The van der Waals surface area contributed by atoms with Crippen LogP contribution in [-0.4, -0.2) is 17.6 Å². The van der Waals surface area contributed by atoms with Crippen molar-refractivity contribution in [2.75, 3.05) is 6.54 Å². The van der Waals surface area contributed by atoms with Gasteiger partial charge in [-0.1, -0.05) is 12.2 Å². The highest BCUT2D eigenvalue weighted by Gasteiger charge is 1.97. The number of carbonyl (C=O) groups excluding carboxylic acids is 1. The molecule has 0 atom stereocenters. The smallest absolute Gasteiger partial charge is 0.217 e. The van der Waals surface area contributed by atoms with E-state index in [0.29, 0.717) is 17.7 Å². The second-order valence-corrected chi connectivity index (χ2v) is 3.39. The van der Waals surface area contributed by atoms with Gasteiger partial charge < -0.3 is 10.4 Å². The van der Waals surface area contributed by atoms with Crippen LogP contribution in [0.15, 0.2) is 24.3 Å². The number of aliphatic hydroxyl groups is 1. The Balaban J connectivity index is 2.65. The minimum atomic E-state index is -0.384. The van der Waals surface area contributed by atoms with Crippen LogP contribution in [0.2, 0.25) is 0 Å². The number of amides is 1. The van der Waals surface area contributed by atoms with Crippen LogP contribution in [0.1, 0.15) is 18.1 Å². The summed E-state index contributed by atoms with van der Waals surface area (Å²) in [7, 11) is 0. The first-order valence-corrected chi connectivity index (χ1v) is 4.93. The first-order chi connectivity index (χ1) is 7.61. The summed E-state index contributed by atoms with van der Waals surface area (Å²) in [6, 6.07) is 4.34. The van der Waals surface area contributed by atoms with Crippen LogP contribution in [0.5, 0.6) is 0 Å². The summed E-state index contributed by atoms with van der Waals surface area (Å²) in [6.45, 7) is 1.64. The second-order valence-electron chi connectivity index (χ2n) is 3.39. The normalized spacial score (nSPS) is 10.7. The molecule has 0 saturated carbocycles. The van der Waals surface area contributed by atoms with Crippen LogP contribution in [-0.2, 0) is 11.4 Å². The number of hydrogen-bond acceptors (Lipinski definition) is 2. The highest BCUT2D eigenvalue weighted by Crippen LogP contribution is 2.10. The van der Waals surface area contributed by atoms with Gasteiger partial charge in [0.1, 0.15) is 5.82 Å². The monoisotopic (exact) mass is 223 g/mol. The van der Waals surface area contributed by atoms with Gasteiger partial charge in [0.05, 0.1) is 6.61 Å². The molecule has 0 spiro atoms. The first kappa shape index (κ1) is 12.4. The quantitative estimate of drug-likeness (QED) is 0.812. The zero-order chi connectivity index (χ0) is 12.0. The lowest BCUT2D eigenvalue weighted by atomic mass is 10.1. The molecule has 1 aromatic carbocycles. The third-order valence-corrected chi connectivity index (χ3v) is 1.94. The van der Waals surface area contributed by atoms with Gasteiger partial charge in [-0.25, -0.2) is 4.39 Å². The Hall–Kier alpha value is -1.68. The first-order valence-electron chi connectivity index (χ1n) is 4.93. The van der Waals surface area contributed by atoms with Crippen molar-refractivity contribution in [3.8, 4) is 0 Å². The van der Waals surface area contributed by atoms with E-state index in [9.17, 15) is 9.18 Å². The van der Waals surface area contributed by atoms with Crippen LogP contribution < -0.4 is 5.32 Å². The van der Waals surface area contributed by atoms with Gasteiger partial charge in [-0.3, -0.25) is 4.79 Å². The number of carbonyl (C=O) groups is 1. The minimum absolute atomic E-state index is 0.111. The van der Waals surface area contributed by atoms with E-state index in [0.717, 1.165) is 0 Å². The Morgan fingerprint density at radius 1 is 1.50 bits per heavy atom. The summed E-state index contributed by atoms with van der Waals surface area (Å²) in [4.78, 5) is 10.6. The molecule has 2 N–H and O–H groups in total. The fraction of sp³-hybridized carbons (Fsp3) is 0.250. The van der Waals surface area contributed by atoms with E-state index in [2.05, 4.69) is 5.32 Å². The van der Waals surface area contributed by atoms with E-state index in [4.69, 9.17) is 5.11 Å². The van der Waals surface area contributed by atoms with Crippen molar-refractivity contribution < 1.29 is 14.3 Å². The third kappa shape index (κ3) is 4.23. The number of halogens is 1. The molecule has 0 saturated heterocycles. The second kappa shape index (κ2) is 6.02. The predicted octanol–water partition coefficient (Wildman–Crippen LogP) is 1.47. The van der Waals surface area contributed by atoms with E-state index >= 15 is 0 Å². The summed E-state index contributed by atoms with van der Waals surface area (Å²) in [6.07, 6.45) is 3.41. The molecule has 0 bridgehead atoms. The molecule has 0 radical (unpaired) electrons. The summed E-state index contributed by atoms with van der Waals surface area (Å²) in [5, 5.41) is 11.5. The summed E-state index contributed by atoms with van der Waals surface area (Å²) in [5.41, 5.74) is 1.19. The maximum atomic E-state index is 13.0. The zero-order valence-corrected chi connectivity index (χ0v) is 9.03. The van der Waals surface area contributed by atoms with E-state index < -0.39 is 0 Å². The lowest BCUT2D eigenvalue weighted by Crippen LogP contribution is -2.19. The number of rotatable bonds is 4. The number of nitrogens with one attached hydrogen (secondary N) is 1. The Morgan fingerprint density at radius 2 is 2.25 bits per heavy atom. The van der Waals surface area contributed by atoms with Crippen molar-refractivity contribution in [3.63, 3.8) is 0 Å². The van der Waals surface area contributed by atoms with Crippen molar-refractivity contribution in [2.24, 2.45) is 0 Å². The zero-order valence-electron chi connectivity index (χ0n) is 9.03. The molecule has 1 rings (SSSR count). The fourth-order valence-corrected chi connectivity index (χ4v) is 1.26. The van der Waals surface area contributed by atoms with E-state index in [-0.39, 0.29) is 18.3 Å². The van der Waals surface area contributed by atoms with Gasteiger partial charge in [-0.2, -0.15) is 0 Å². The van der Waals surface area contributed by atoms with Crippen molar-refractivity contribution in [1.29, 1.82) is 0 Å². The van der Waals surface area contributed by atoms with E-state index in [1.54, 1.807) is 18.2 Å². The van der Waals surface area contributed by atoms with E-state index in [1.807, 2.05) is 0 Å². The molecule has 0 aliphatic carbocycles. The molecule has 86 valence electrons. The third-order valence-electron chi connectivity index (χ3n) is 1.94. The Labute approximate surface area is 93.6 Å². The molecule has 0 aromatic heterocycles. The molecule has 16 heavy (non-hydrogen) atoms. The summed E-state index contributed by atoms with van der Waals surface area (Å²) < 4.78 is 13.0. The van der Waals surface area contributed by atoms with Crippen molar-refractivity contribution in [2.45, 2.75) is 13.5 Å². The van der Waals surface area contributed by atoms with Crippen molar-refractivity contribution in [3.05, 3.63) is 41.2 Å². The number of aliphatic hydroxyl groups excluding tert-OH is 1. The molecular weight excluding hydrogens is 209 g/mol. The molecule has 0 unspecified atom stereocenters. The number of hydrogen-bond donors (Lipinski definition) is 2.